The lowest BCUT2D eigenvalue weighted by Gasteiger charge is -2.11. The Bertz CT molecular complexity index is 320. The Balaban J connectivity index is 2.46. The predicted octanol–water partition coefficient (Wildman–Crippen LogP) is 2.69. The van der Waals surface area contributed by atoms with Crippen LogP contribution in [-0.2, 0) is 11.3 Å². The number of hydrogen-bond donors (Lipinski definition) is 1. The van der Waals surface area contributed by atoms with Crippen molar-refractivity contribution >= 4 is 5.95 Å². The monoisotopic (exact) mass is 239 g/mol. The fraction of sp³-hybridized carbons (Fsp3) is 0.769. The molecule has 4 nitrogen and oxygen atoms in total. The molecule has 0 spiro atoms. The second-order valence-electron chi connectivity index (χ2n) is 4.87. The number of aryl methyl sites for hydroxylation is 2. The van der Waals surface area contributed by atoms with Crippen LogP contribution in [0.15, 0.2) is 6.20 Å². The maximum atomic E-state index is 5.05. The van der Waals surface area contributed by atoms with Crippen LogP contribution in [0.1, 0.15) is 32.4 Å². The van der Waals surface area contributed by atoms with E-state index in [-0.39, 0.29) is 0 Å². The molecule has 17 heavy (non-hydrogen) atoms. The van der Waals surface area contributed by atoms with E-state index in [1.807, 2.05) is 6.92 Å². The summed E-state index contributed by atoms with van der Waals surface area (Å²) >= 11 is 0. The van der Waals surface area contributed by atoms with Crippen molar-refractivity contribution in [2.45, 2.75) is 40.2 Å². The van der Waals surface area contributed by atoms with E-state index in [0.29, 0.717) is 5.92 Å². The fourth-order valence-corrected chi connectivity index (χ4v) is 1.68. The number of rotatable bonds is 8. The van der Waals surface area contributed by atoms with Crippen LogP contribution < -0.4 is 5.32 Å². The molecule has 0 aliphatic carbocycles. The first-order valence-electron chi connectivity index (χ1n) is 6.40. The van der Waals surface area contributed by atoms with Crippen LogP contribution in [0.3, 0.4) is 0 Å². The van der Waals surface area contributed by atoms with Crippen LogP contribution in [0.25, 0.3) is 0 Å². The third-order valence-electron chi connectivity index (χ3n) is 2.56. The first kappa shape index (κ1) is 14.0. The zero-order chi connectivity index (χ0) is 12.7. The van der Waals surface area contributed by atoms with Gasteiger partial charge in [0.05, 0.1) is 5.69 Å². The average molecular weight is 239 g/mol. The van der Waals surface area contributed by atoms with E-state index >= 15 is 0 Å². The molecule has 1 aromatic heterocycles. The summed E-state index contributed by atoms with van der Waals surface area (Å²) in [5.41, 5.74) is 1.07. The summed E-state index contributed by atoms with van der Waals surface area (Å²) in [7, 11) is 1.75. The summed E-state index contributed by atoms with van der Waals surface area (Å²) in [4.78, 5) is 4.50. The summed E-state index contributed by atoms with van der Waals surface area (Å²) in [5.74, 6) is 1.63. The maximum absolute atomic E-state index is 5.05. The number of nitrogens with zero attached hydrogens (tertiary/aromatic N) is 2. The number of anilines is 1. The van der Waals surface area contributed by atoms with Crippen molar-refractivity contribution < 1.29 is 4.74 Å². The van der Waals surface area contributed by atoms with Gasteiger partial charge in [-0.05, 0) is 25.7 Å². The molecule has 0 unspecified atom stereocenters. The Morgan fingerprint density at radius 2 is 2.18 bits per heavy atom. The molecule has 1 rings (SSSR count). The molecular formula is C13H25N3O. The molecule has 0 saturated heterocycles. The lowest BCUT2D eigenvalue weighted by molar-refractivity contribution is 0.191. The SMILES string of the molecule is COCCCCn1cc(C)nc1NCC(C)C. The van der Waals surface area contributed by atoms with Gasteiger partial charge in [-0.15, -0.1) is 0 Å². The Kier molecular flexibility index (Phi) is 6.05. The van der Waals surface area contributed by atoms with Gasteiger partial charge < -0.3 is 14.6 Å². The van der Waals surface area contributed by atoms with E-state index < -0.39 is 0 Å². The van der Waals surface area contributed by atoms with Crippen molar-refractivity contribution in [3.05, 3.63) is 11.9 Å². The number of hydrogen-bond acceptors (Lipinski definition) is 3. The molecular weight excluding hydrogens is 214 g/mol. The predicted molar refractivity (Wildman–Crippen MR) is 71.4 cm³/mol. The molecule has 0 bridgehead atoms. The van der Waals surface area contributed by atoms with E-state index in [9.17, 15) is 0 Å². The summed E-state index contributed by atoms with van der Waals surface area (Å²) in [6, 6.07) is 0. The number of aromatic nitrogens is 2. The highest BCUT2D eigenvalue weighted by Gasteiger charge is 2.05. The van der Waals surface area contributed by atoms with Crippen LogP contribution in [0, 0.1) is 12.8 Å². The van der Waals surface area contributed by atoms with Crippen molar-refractivity contribution in [2.24, 2.45) is 5.92 Å². The third-order valence-corrected chi connectivity index (χ3v) is 2.56. The summed E-state index contributed by atoms with van der Waals surface area (Å²) in [5, 5.41) is 3.40. The van der Waals surface area contributed by atoms with Crippen LogP contribution in [0.4, 0.5) is 5.95 Å². The Labute approximate surface area is 104 Å². The van der Waals surface area contributed by atoms with Gasteiger partial charge in [0.15, 0.2) is 0 Å². The normalized spacial score (nSPS) is 11.1. The van der Waals surface area contributed by atoms with Gasteiger partial charge >= 0.3 is 0 Å². The highest BCUT2D eigenvalue weighted by Crippen LogP contribution is 2.10. The topological polar surface area (TPSA) is 39.1 Å². The molecule has 4 heteroatoms. The summed E-state index contributed by atoms with van der Waals surface area (Å²) < 4.78 is 7.26. The summed E-state index contributed by atoms with van der Waals surface area (Å²) in [6.45, 7) is 9.24. The minimum absolute atomic E-state index is 0.633. The lowest BCUT2D eigenvalue weighted by atomic mass is 10.2. The Hall–Kier alpha value is -1.03. The lowest BCUT2D eigenvalue weighted by Crippen LogP contribution is -2.13. The van der Waals surface area contributed by atoms with Gasteiger partial charge in [-0.25, -0.2) is 4.98 Å². The van der Waals surface area contributed by atoms with Gasteiger partial charge in [-0.2, -0.15) is 0 Å². The van der Waals surface area contributed by atoms with Gasteiger partial charge in [0.2, 0.25) is 5.95 Å². The molecule has 1 aromatic rings. The van der Waals surface area contributed by atoms with Crippen molar-refractivity contribution in [3.63, 3.8) is 0 Å². The number of methoxy groups -OCH3 is 1. The molecule has 1 N–H and O–H groups in total. The zero-order valence-corrected chi connectivity index (χ0v) is 11.5. The third kappa shape index (κ3) is 5.22. The van der Waals surface area contributed by atoms with Gasteiger partial charge in [0.1, 0.15) is 0 Å². The van der Waals surface area contributed by atoms with Gasteiger partial charge in [-0.1, -0.05) is 13.8 Å². The van der Waals surface area contributed by atoms with Crippen LogP contribution in [-0.4, -0.2) is 29.8 Å². The Morgan fingerprint density at radius 3 is 2.82 bits per heavy atom. The van der Waals surface area contributed by atoms with Crippen LogP contribution in [0.2, 0.25) is 0 Å². The average Bonchev–Trinajstić information content (AvgIpc) is 2.62. The first-order valence-corrected chi connectivity index (χ1v) is 6.40. The molecule has 98 valence electrons. The molecule has 0 aliphatic rings. The number of imidazole rings is 1. The number of ether oxygens (including phenoxy) is 1. The molecule has 0 atom stereocenters. The highest BCUT2D eigenvalue weighted by atomic mass is 16.5. The zero-order valence-electron chi connectivity index (χ0n) is 11.5. The molecule has 0 saturated carbocycles. The van der Waals surface area contributed by atoms with Gasteiger partial charge in [0.25, 0.3) is 0 Å². The summed E-state index contributed by atoms with van der Waals surface area (Å²) in [6.07, 6.45) is 4.33. The van der Waals surface area contributed by atoms with Crippen molar-refractivity contribution in [1.29, 1.82) is 0 Å². The molecule has 1 heterocycles. The van der Waals surface area contributed by atoms with E-state index in [0.717, 1.165) is 44.2 Å². The number of nitrogens with one attached hydrogen (secondary N) is 1. The van der Waals surface area contributed by atoms with Crippen molar-refractivity contribution in [2.75, 3.05) is 25.6 Å². The van der Waals surface area contributed by atoms with Crippen molar-refractivity contribution in [3.8, 4) is 0 Å². The van der Waals surface area contributed by atoms with Crippen molar-refractivity contribution in [1.82, 2.24) is 9.55 Å². The maximum Gasteiger partial charge on any atom is 0.203 e. The smallest absolute Gasteiger partial charge is 0.203 e. The Morgan fingerprint density at radius 1 is 1.41 bits per heavy atom. The molecule has 0 amide bonds. The van der Waals surface area contributed by atoms with E-state index in [2.05, 4.69) is 34.9 Å². The van der Waals surface area contributed by atoms with Crippen LogP contribution in [0.5, 0.6) is 0 Å². The second kappa shape index (κ2) is 7.33. The van der Waals surface area contributed by atoms with E-state index in [1.54, 1.807) is 7.11 Å². The van der Waals surface area contributed by atoms with E-state index in [4.69, 9.17) is 4.74 Å². The van der Waals surface area contributed by atoms with Gasteiger partial charge in [-0.3, -0.25) is 0 Å². The molecule has 0 aromatic carbocycles. The second-order valence-corrected chi connectivity index (χ2v) is 4.87. The largest absolute Gasteiger partial charge is 0.385 e. The molecule has 0 radical (unpaired) electrons. The minimum atomic E-state index is 0.633. The molecule has 0 fully saturated rings. The van der Waals surface area contributed by atoms with Gasteiger partial charge in [0, 0.05) is 33.0 Å². The number of unbranched alkanes of at least 4 members (excludes halogenated alkanes) is 1. The van der Waals surface area contributed by atoms with E-state index in [1.165, 1.54) is 0 Å². The quantitative estimate of drug-likeness (QED) is 0.709. The standard InChI is InChI=1S/C13H25N3O/c1-11(2)9-14-13-15-12(3)10-16(13)7-5-6-8-17-4/h10-11H,5-9H2,1-4H3,(H,14,15). The van der Waals surface area contributed by atoms with Crippen LogP contribution >= 0.6 is 0 Å². The highest BCUT2D eigenvalue weighted by molar-refractivity contribution is 5.28. The first-order chi connectivity index (χ1) is 8.13. The fourth-order valence-electron chi connectivity index (χ4n) is 1.68. The molecule has 0 aliphatic heterocycles. The minimum Gasteiger partial charge on any atom is -0.385 e.